The van der Waals surface area contributed by atoms with Crippen LogP contribution in [0.5, 0.6) is 0 Å². The van der Waals surface area contributed by atoms with Crippen LogP contribution in [0.25, 0.3) is 17.1 Å². The quantitative estimate of drug-likeness (QED) is 0.497. The fourth-order valence-electron chi connectivity index (χ4n) is 3.29. The first-order valence-electron chi connectivity index (χ1n) is 9.71. The van der Waals surface area contributed by atoms with Crippen LogP contribution in [0.15, 0.2) is 65.1 Å². The lowest BCUT2D eigenvalue weighted by atomic mass is 10.1. The molecule has 0 saturated heterocycles. The summed E-state index contributed by atoms with van der Waals surface area (Å²) < 4.78 is 7.07. The summed E-state index contributed by atoms with van der Waals surface area (Å²) in [7, 11) is 0. The van der Waals surface area contributed by atoms with E-state index in [2.05, 4.69) is 20.9 Å². The molecule has 2 aromatic heterocycles. The number of carbonyl (C=O) groups excluding carboxylic acids is 2. The zero-order chi connectivity index (χ0) is 22.0. The van der Waals surface area contributed by atoms with Crippen molar-refractivity contribution in [2.24, 2.45) is 0 Å². The number of para-hydroxylation sites is 1. The maximum absolute atomic E-state index is 12.7. The van der Waals surface area contributed by atoms with Gasteiger partial charge in [0.1, 0.15) is 11.5 Å². The van der Waals surface area contributed by atoms with Crippen molar-refractivity contribution >= 4 is 11.8 Å². The molecule has 0 aliphatic carbocycles. The molecule has 0 spiro atoms. The molecule has 4 rings (SSSR count). The zero-order valence-electron chi connectivity index (χ0n) is 17.3. The van der Waals surface area contributed by atoms with Crippen molar-refractivity contribution in [1.29, 1.82) is 0 Å². The Bertz CT molecular complexity index is 1190. The second-order valence-corrected chi connectivity index (χ2v) is 7.00. The number of furan rings is 1. The second kappa shape index (κ2) is 8.27. The van der Waals surface area contributed by atoms with Gasteiger partial charge in [0.05, 0.1) is 11.3 Å². The van der Waals surface area contributed by atoms with Crippen LogP contribution >= 0.6 is 0 Å². The number of amides is 2. The topological polar surface area (TPSA) is 102 Å². The van der Waals surface area contributed by atoms with Crippen LogP contribution in [0.2, 0.25) is 0 Å². The number of hydrogen-bond donors (Lipinski definition) is 2. The summed E-state index contributed by atoms with van der Waals surface area (Å²) in [6, 6.07) is 18.8. The third kappa shape index (κ3) is 3.95. The third-order valence-electron chi connectivity index (χ3n) is 4.92. The predicted molar refractivity (Wildman–Crippen MR) is 115 cm³/mol. The molecule has 4 aromatic rings. The van der Waals surface area contributed by atoms with E-state index >= 15 is 0 Å². The molecule has 156 valence electrons. The van der Waals surface area contributed by atoms with E-state index in [1.165, 1.54) is 0 Å². The fraction of sp³-hybridized carbons (Fsp3) is 0.130. The number of rotatable bonds is 4. The molecule has 0 atom stereocenters. The summed E-state index contributed by atoms with van der Waals surface area (Å²) in [5.74, 6) is 0.492. The third-order valence-corrected chi connectivity index (χ3v) is 4.92. The van der Waals surface area contributed by atoms with E-state index in [4.69, 9.17) is 4.42 Å². The number of aryl methyl sites for hydroxylation is 2. The largest absolute Gasteiger partial charge is 0.466 e. The molecule has 8 nitrogen and oxygen atoms in total. The van der Waals surface area contributed by atoms with E-state index in [1.54, 1.807) is 25.5 Å². The Balaban J connectivity index is 1.60. The minimum Gasteiger partial charge on any atom is -0.466 e. The van der Waals surface area contributed by atoms with Crippen LogP contribution < -0.4 is 10.9 Å². The van der Waals surface area contributed by atoms with Crippen LogP contribution in [-0.2, 0) is 0 Å². The molecule has 0 aliphatic heterocycles. The molecule has 31 heavy (non-hydrogen) atoms. The summed E-state index contributed by atoms with van der Waals surface area (Å²) in [5.41, 5.74) is 7.49. The Hall–Kier alpha value is -4.20. The van der Waals surface area contributed by atoms with Crippen LogP contribution in [0.3, 0.4) is 0 Å². The van der Waals surface area contributed by atoms with Crippen molar-refractivity contribution in [3.8, 4) is 17.1 Å². The lowest BCUT2D eigenvalue weighted by Crippen LogP contribution is -2.42. The molecule has 2 heterocycles. The van der Waals surface area contributed by atoms with Gasteiger partial charge in [0.25, 0.3) is 5.91 Å². The van der Waals surface area contributed by atoms with Gasteiger partial charge >= 0.3 is 5.91 Å². The van der Waals surface area contributed by atoms with Crippen molar-refractivity contribution in [2.45, 2.75) is 20.8 Å². The van der Waals surface area contributed by atoms with E-state index in [1.807, 2.05) is 60.7 Å². The highest BCUT2D eigenvalue weighted by molar-refractivity contribution is 5.99. The maximum atomic E-state index is 12.7. The van der Waals surface area contributed by atoms with E-state index in [0.29, 0.717) is 22.9 Å². The van der Waals surface area contributed by atoms with Gasteiger partial charge < -0.3 is 4.42 Å². The Morgan fingerprint density at radius 3 is 2.06 bits per heavy atom. The summed E-state index contributed by atoms with van der Waals surface area (Å²) >= 11 is 0. The van der Waals surface area contributed by atoms with Crippen molar-refractivity contribution < 1.29 is 14.0 Å². The van der Waals surface area contributed by atoms with E-state index in [-0.39, 0.29) is 5.82 Å². The van der Waals surface area contributed by atoms with Crippen molar-refractivity contribution in [3.05, 3.63) is 89.1 Å². The highest BCUT2D eigenvalue weighted by Crippen LogP contribution is 2.22. The van der Waals surface area contributed by atoms with Gasteiger partial charge in [-0.3, -0.25) is 20.4 Å². The molecule has 0 bridgehead atoms. The summed E-state index contributed by atoms with van der Waals surface area (Å²) in [6.45, 7) is 5.27. The molecule has 2 aromatic carbocycles. The second-order valence-electron chi connectivity index (χ2n) is 7.00. The van der Waals surface area contributed by atoms with Gasteiger partial charge in [-0.2, -0.15) is 0 Å². The molecule has 2 N–H and O–H groups in total. The predicted octanol–water partition coefficient (Wildman–Crippen LogP) is 3.53. The lowest BCUT2D eigenvalue weighted by molar-refractivity contribution is 0.0839. The smallest absolute Gasteiger partial charge is 0.309 e. The monoisotopic (exact) mass is 415 g/mol. The average molecular weight is 415 g/mol. The van der Waals surface area contributed by atoms with Gasteiger partial charge in [0.15, 0.2) is 5.82 Å². The SMILES string of the molecule is Cc1oc(C)c(C(=O)NNC(=O)c2nc(-c3ccccc3)n(-c3ccccc3)n2)c1C. The molecule has 0 aliphatic rings. The Morgan fingerprint density at radius 2 is 1.45 bits per heavy atom. The number of aromatic nitrogens is 3. The minimum absolute atomic E-state index is 0.0696. The number of hydrogen-bond acceptors (Lipinski definition) is 5. The first-order valence-corrected chi connectivity index (χ1v) is 9.71. The molecule has 0 fully saturated rings. The average Bonchev–Trinajstić information content (AvgIpc) is 3.34. The van der Waals surface area contributed by atoms with Crippen LogP contribution in [0, 0.1) is 20.8 Å². The van der Waals surface area contributed by atoms with Crippen molar-refractivity contribution in [3.63, 3.8) is 0 Å². The van der Waals surface area contributed by atoms with Crippen molar-refractivity contribution in [1.82, 2.24) is 25.6 Å². The summed E-state index contributed by atoms with van der Waals surface area (Å²) in [5, 5.41) is 4.37. The number of nitrogens with zero attached hydrogens (tertiary/aromatic N) is 3. The highest BCUT2D eigenvalue weighted by Gasteiger charge is 2.22. The van der Waals surface area contributed by atoms with Gasteiger partial charge in [-0.05, 0) is 32.9 Å². The highest BCUT2D eigenvalue weighted by atomic mass is 16.3. The van der Waals surface area contributed by atoms with Gasteiger partial charge in [0, 0.05) is 11.1 Å². The van der Waals surface area contributed by atoms with Crippen molar-refractivity contribution in [2.75, 3.05) is 0 Å². The maximum Gasteiger partial charge on any atom is 0.309 e. The van der Waals surface area contributed by atoms with E-state index < -0.39 is 11.8 Å². The van der Waals surface area contributed by atoms with Gasteiger partial charge in [-0.1, -0.05) is 48.5 Å². The number of carbonyl (C=O) groups is 2. The molecular formula is C23H21N5O3. The molecule has 0 radical (unpaired) electrons. The van der Waals surface area contributed by atoms with E-state index in [0.717, 1.165) is 16.8 Å². The Labute approximate surface area is 178 Å². The summed E-state index contributed by atoms with van der Waals surface area (Å²) in [6.07, 6.45) is 0. The first-order chi connectivity index (χ1) is 15.0. The number of benzene rings is 2. The molecule has 2 amide bonds. The first kappa shape index (κ1) is 20.1. The standard InChI is InChI=1S/C23H21N5O3/c1-14-15(2)31-16(3)19(14)22(29)25-26-23(30)20-24-21(17-10-6-4-7-11-17)28(27-20)18-12-8-5-9-13-18/h4-13H,1-3H3,(H,25,29)(H,26,30). The van der Waals surface area contributed by atoms with Gasteiger partial charge in [-0.15, -0.1) is 5.10 Å². The fourth-order valence-corrected chi connectivity index (χ4v) is 3.29. The lowest BCUT2D eigenvalue weighted by Gasteiger charge is -2.05. The molecule has 0 saturated carbocycles. The number of hydrazine groups is 1. The van der Waals surface area contributed by atoms with Crippen LogP contribution in [0.4, 0.5) is 0 Å². The minimum atomic E-state index is -0.629. The Morgan fingerprint density at radius 1 is 0.839 bits per heavy atom. The van der Waals surface area contributed by atoms with Crippen LogP contribution in [-0.4, -0.2) is 26.6 Å². The molecule has 8 heteroatoms. The number of nitrogens with one attached hydrogen (secondary N) is 2. The zero-order valence-corrected chi connectivity index (χ0v) is 17.3. The Kier molecular flexibility index (Phi) is 5.36. The van der Waals surface area contributed by atoms with E-state index in [9.17, 15) is 9.59 Å². The van der Waals surface area contributed by atoms with Gasteiger partial charge in [-0.25, -0.2) is 9.67 Å². The van der Waals surface area contributed by atoms with Crippen LogP contribution in [0.1, 0.15) is 38.1 Å². The molecule has 0 unspecified atom stereocenters. The molecular weight excluding hydrogens is 394 g/mol. The normalized spacial score (nSPS) is 10.7. The summed E-state index contributed by atoms with van der Waals surface area (Å²) in [4.78, 5) is 29.6. The van der Waals surface area contributed by atoms with Gasteiger partial charge in [0.2, 0.25) is 5.82 Å².